The van der Waals surface area contributed by atoms with Crippen molar-refractivity contribution in [3.8, 4) is 11.5 Å². The lowest BCUT2D eigenvalue weighted by Crippen LogP contribution is -2.27. The first kappa shape index (κ1) is 21.0. The number of amides is 2. The largest absolute Gasteiger partial charge is 0.491 e. The van der Waals surface area contributed by atoms with Gasteiger partial charge in [-0.25, -0.2) is 0 Å². The zero-order valence-electron chi connectivity index (χ0n) is 15.2. The van der Waals surface area contributed by atoms with E-state index < -0.39 is 0 Å². The minimum absolute atomic E-state index is 0.243. The second-order valence-electron chi connectivity index (χ2n) is 5.86. The standard InChI is InChI=1S/C20H17ClINO4S/c1-3-27-16-9-13(8-15(21)18(16)26-2)10-17-19(24)23(20(25)28-17)11-12-4-6-14(22)7-5-12/h4-10H,3,11H2,1-2H3/b17-10-. The van der Waals surface area contributed by atoms with Gasteiger partial charge in [0.1, 0.15) is 0 Å². The maximum Gasteiger partial charge on any atom is 0.293 e. The van der Waals surface area contributed by atoms with Crippen molar-refractivity contribution in [2.75, 3.05) is 13.7 Å². The first-order valence-electron chi connectivity index (χ1n) is 8.43. The maximum atomic E-state index is 12.7. The molecule has 0 N–H and O–H groups in total. The second kappa shape index (κ2) is 9.19. The van der Waals surface area contributed by atoms with Crippen LogP contribution in [0.25, 0.3) is 6.08 Å². The number of carbonyl (C=O) groups excluding carboxylic acids is 2. The summed E-state index contributed by atoms with van der Waals surface area (Å²) in [6, 6.07) is 11.1. The number of benzene rings is 2. The van der Waals surface area contributed by atoms with E-state index in [4.69, 9.17) is 21.1 Å². The molecule has 1 aliphatic heterocycles. The van der Waals surface area contributed by atoms with E-state index in [1.165, 1.54) is 12.0 Å². The van der Waals surface area contributed by atoms with Crippen LogP contribution in [-0.4, -0.2) is 29.8 Å². The third kappa shape index (κ3) is 4.64. The van der Waals surface area contributed by atoms with Crippen LogP contribution in [0.5, 0.6) is 11.5 Å². The molecule has 0 aromatic heterocycles. The molecule has 0 saturated carbocycles. The molecule has 0 bridgehead atoms. The Morgan fingerprint density at radius 1 is 1.21 bits per heavy atom. The molecule has 8 heteroatoms. The van der Waals surface area contributed by atoms with Gasteiger partial charge in [0, 0.05) is 3.57 Å². The number of halogens is 2. The van der Waals surface area contributed by atoms with E-state index in [0.717, 1.165) is 20.9 Å². The molecule has 0 atom stereocenters. The summed E-state index contributed by atoms with van der Waals surface area (Å²) in [5.74, 6) is 0.604. The van der Waals surface area contributed by atoms with Crippen LogP contribution in [0.2, 0.25) is 5.02 Å². The van der Waals surface area contributed by atoms with E-state index in [1.807, 2.05) is 31.2 Å². The number of hydrogen-bond acceptors (Lipinski definition) is 5. The summed E-state index contributed by atoms with van der Waals surface area (Å²) in [7, 11) is 1.51. The van der Waals surface area contributed by atoms with Crippen LogP contribution in [0.1, 0.15) is 18.1 Å². The summed E-state index contributed by atoms with van der Waals surface area (Å²) >= 11 is 9.39. The lowest BCUT2D eigenvalue weighted by molar-refractivity contribution is -0.123. The van der Waals surface area contributed by atoms with Crippen LogP contribution in [0.4, 0.5) is 4.79 Å². The fraction of sp³-hybridized carbons (Fsp3) is 0.200. The normalized spacial score (nSPS) is 15.4. The maximum absolute atomic E-state index is 12.7. The topological polar surface area (TPSA) is 55.8 Å². The number of rotatable bonds is 6. The highest BCUT2D eigenvalue weighted by molar-refractivity contribution is 14.1. The second-order valence-corrected chi connectivity index (χ2v) is 8.51. The van der Waals surface area contributed by atoms with Crippen LogP contribution < -0.4 is 9.47 Å². The summed E-state index contributed by atoms with van der Waals surface area (Å²) < 4.78 is 11.9. The number of hydrogen-bond donors (Lipinski definition) is 0. The van der Waals surface area contributed by atoms with Gasteiger partial charge in [-0.3, -0.25) is 14.5 Å². The van der Waals surface area contributed by atoms with Crippen LogP contribution in [-0.2, 0) is 11.3 Å². The van der Waals surface area contributed by atoms with Crippen molar-refractivity contribution in [3.63, 3.8) is 0 Å². The van der Waals surface area contributed by atoms with Crippen LogP contribution in [0, 0.1) is 3.57 Å². The first-order valence-corrected chi connectivity index (χ1v) is 10.7. The average molecular weight is 530 g/mol. The van der Waals surface area contributed by atoms with Gasteiger partial charge in [-0.1, -0.05) is 23.7 Å². The molecule has 2 aromatic rings. The molecule has 3 rings (SSSR count). The van der Waals surface area contributed by atoms with Crippen molar-refractivity contribution >= 4 is 63.2 Å². The van der Waals surface area contributed by atoms with Crippen molar-refractivity contribution in [2.24, 2.45) is 0 Å². The Morgan fingerprint density at radius 2 is 1.93 bits per heavy atom. The molecule has 0 spiro atoms. The molecule has 2 aromatic carbocycles. The Morgan fingerprint density at radius 3 is 2.57 bits per heavy atom. The van der Waals surface area contributed by atoms with E-state index in [0.29, 0.717) is 33.6 Å². The van der Waals surface area contributed by atoms with Gasteiger partial charge in [-0.2, -0.15) is 0 Å². The predicted molar refractivity (Wildman–Crippen MR) is 120 cm³/mol. The molecule has 146 valence electrons. The highest BCUT2D eigenvalue weighted by Crippen LogP contribution is 2.39. The number of imide groups is 1. The third-order valence-electron chi connectivity index (χ3n) is 3.96. The monoisotopic (exact) mass is 529 g/mol. The van der Waals surface area contributed by atoms with E-state index in [1.54, 1.807) is 18.2 Å². The average Bonchev–Trinajstić information content (AvgIpc) is 2.91. The van der Waals surface area contributed by atoms with Crippen molar-refractivity contribution in [3.05, 3.63) is 61.0 Å². The van der Waals surface area contributed by atoms with Crippen molar-refractivity contribution in [2.45, 2.75) is 13.5 Å². The minimum Gasteiger partial charge on any atom is -0.491 e. The lowest BCUT2D eigenvalue weighted by Gasteiger charge is -2.13. The quantitative estimate of drug-likeness (QED) is 0.361. The SMILES string of the molecule is CCOc1cc(/C=C2\SC(=O)N(Cc3ccc(I)cc3)C2=O)cc(Cl)c1OC. The van der Waals surface area contributed by atoms with E-state index >= 15 is 0 Å². The number of carbonyl (C=O) groups is 2. The van der Waals surface area contributed by atoms with Gasteiger partial charge >= 0.3 is 0 Å². The summed E-state index contributed by atoms with van der Waals surface area (Å²) in [4.78, 5) is 26.7. The third-order valence-corrected chi connectivity index (χ3v) is 5.87. The zero-order valence-corrected chi connectivity index (χ0v) is 18.9. The number of ether oxygens (including phenoxy) is 2. The van der Waals surface area contributed by atoms with Gasteiger partial charge in [0.15, 0.2) is 11.5 Å². The van der Waals surface area contributed by atoms with Crippen molar-refractivity contribution in [1.82, 2.24) is 4.90 Å². The minimum atomic E-state index is -0.321. The molecule has 1 heterocycles. The van der Waals surface area contributed by atoms with Gasteiger partial charge in [0.05, 0.1) is 30.2 Å². The van der Waals surface area contributed by atoms with Crippen molar-refractivity contribution < 1.29 is 19.1 Å². The molecule has 1 aliphatic rings. The Bertz CT molecular complexity index is 946. The Balaban J connectivity index is 1.86. The smallest absolute Gasteiger partial charge is 0.293 e. The molecule has 0 aliphatic carbocycles. The molecular formula is C20H17ClINO4S. The van der Waals surface area contributed by atoms with Gasteiger partial charge in [0.25, 0.3) is 11.1 Å². The zero-order chi connectivity index (χ0) is 20.3. The van der Waals surface area contributed by atoms with Gasteiger partial charge in [0.2, 0.25) is 0 Å². The fourth-order valence-corrected chi connectivity index (χ4v) is 4.19. The Hall–Kier alpha value is -1.71. The molecule has 1 saturated heterocycles. The molecule has 0 radical (unpaired) electrons. The molecule has 2 amide bonds. The first-order chi connectivity index (χ1) is 13.4. The van der Waals surface area contributed by atoms with Crippen LogP contribution in [0.15, 0.2) is 41.3 Å². The van der Waals surface area contributed by atoms with E-state index in [9.17, 15) is 9.59 Å². The molecule has 0 unspecified atom stereocenters. The van der Waals surface area contributed by atoms with Crippen LogP contribution >= 0.6 is 46.0 Å². The lowest BCUT2D eigenvalue weighted by atomic mass is 10.1. The van der Waals surface area contributed by atoms with E-state index in [2.05, 4.69) is 22.6 Å². The van der Waals surface area contributed by atoms with Gasteiger partial charge < -0.3 is 9.47 Å². The van der Waals surface area contributed by atoms with Gasteiger partial charge in [-0.05, 0) is 82.7 Å². The highest BCUT2D eigenvalue weighted by Gasteiger charge is 2.35. The van der Waals surface area contributed by atoms with Crippen LogP contribution in [0.3, 0.4) is 0 Å². The summed E-state index contributed by atoms with van der Waals surface area (Å²) in [5.41, 5.74) is 1.56. The number of methoxy groups -OCH3 is 1. The molecule has 28 heavy (non-hydrogen) atoms. The van der Waals surface area contributed by atoms with E-state index in [-0.39, 0.29) is 17.7 Å². The molecule has 5 nitrogen and oxygen atoms in total. The summed E-state index contributed by atoms with van der Waals surface area (Å²) in [5, 5.41) is 0.0808. The predicted octanol–water partition coefficient (Wildman–Crippen LogP) is 5.59. The number of thioether (sulfide) groups is 1. The van der Waals surface area contributed by atoms with Gasteiger partial charge in [-0.15, -0.1) is 0 Å². The van der Waals surface area contributed by atoms with Crippen molar-refractivity contribution in [1.29, 1.82) is 0 Å². The summed E-state index contributed by atoms with van der Waals surface area (Å²) in [6.07, 6.45) is 1.65. The highest BCUT2D eigenvalue weighted by atomic mass is 127. The Labute approximate surface area is 186 Å². The summed E-state index contributed by atoms with van der Waals surface area (Å²) in [6.45, 7) is 2.55. The molecular weight excluding hydrogens is 513 g/mol. The fourth-order valence-electron chi connectivity index (χ4n) is 2.69. The Kier molecular flexibility index (Phi) is 6.90. The number of nitrogens with zero attached hydrogens (tertiary/aromatic N) is 1. The molecule has 1 fully saturated rings.